The van der Waals surface area contributed by atoms with Gasteiger partial charge in [-0.3, -0.25) is 23.4 Å². The summed E-state index contributed by atoms with van der Waals surface area (Å²) in [5, 5.41) is 30.6. The first-order chi connectivity index (χ1) is 13.4. The number of rotatable bonds is 9. The van der Waals surface area contributed by atoms with Crippen molar-refractivity contribution in [2.45, 2.75) is 56.5 Å². The first kappa shape index (κ1) is 24.3. The molecule has 2 heterocycles. The van der Waals surface area contributed by atoms with Crippen LogP contribution in [-0.2, 0) is 18.3 Å². The number of aromatic nitrogens is 2. The number of nitrogens with zero attached hydrogens (tertiary/aromatic N) is 1. The van der Waals surface area contributed by atoms with Crippen LogP contribution in [0.15, 0.2) is 17.1 Å². The zero-order valence-electron chi connectivity index (χ0n) is 15.9. The molecule has 1 aromatic heterocycles. The van der Waals surface area contributed by atoms with E-state index in [1.54, 1.807) is 6.92 Å². The molecule has 14 heteroatoms. The van der Waals surface area contributed by atoms with Crippen molar-refractivity contribution in [2.75, 3.05) is 13.2 Å². The number of phosphoric ester groups is 1. The number of hydrogen-bond donors (Lipinski definition) is 6. The van der Waals surface area contributed by atoms with E-state index in [0.29, 0.717) is 6.42 Å². The van der Waals surface area contributed by atoms with E-state index in [1.807, 2.05) is 0 Å². The lowest BCUT2D eigenvalue weighted by molar-refractivity contribution is -0.0978. The Morgan fingerprint density at radius 2 is 2.17 bits per heavy atom. The van der Waals surface area contributed by atoms with Gasteiger partial charge in [-0.1, -0.05) is 6.92 Å². The van der Waals surface area contributed by atoms with Crippen LogP contribution in [-0.4, -0.2) is 72.9 Å². The number of aromatic amines is 1. The lowest BCUT2D eigenvalue weighted by Gasteiger charge is -2.28. The molecule has 7 atom stereocenters. The molecule has 0 amide bonds. The number of aliphatic hydroxyl groups is 3. The molecule has 1 fully saturated rings. The lowest BCUT2D eigenvalue weighted by atomic mass is 9.96. The fraction of sp³-hybridized carbons (Fsp3) is 0.733. The molecule has 1 aliphatic rings. The van der Waals surface area contributed by atoms with Gasteiger partial charge in [0.1, 0.15) is 17.8 Å². The van der Waals surface area contributed by atoms with Crippen LogP contribution >= 0.6 is 20.0 Å². The van der Waals surface area contributed by atoms with Crippen molar-refractivity contribution < 1.29 is 38.6 Å². The molecule has 0 radical (unpaired) electrons. The highest BCUT2D eigenvalue weighted by Crippen LogP contribution is 2.45. The molecule has 2 rings (SSSR count). The fourth-order valence-electron chi connectivity index (χ4n) is 2.79. The van der Waals surface area contributed by atoms with Crippen molar-refractivity contribution in [3.05, 3.63) is 27.4 Å². The van der Waals surface area contributed by atoms with Crippen molar-refractivity contribution in [3.63, 3.8) is 0 Å². The number of nitrogens with one attached hydrogen (secondary N) is 1. The average molecular weight is 455 g/mol. The quantitative estimate of drug-likeness (QED) is 0.201. The summed E-state index contributed by atoms with van der Waals surface area (Å²) in [5.41, 5.74) is 3.32. The van der Waals surface area contributed by atoms with Crippen molar-refractivity contribution in [3.8, 4) is 0 Å². The molecule has 0 bridgehead atoms. The Morgan fingerprint density at radius 1 is 1.52 bits per heavy atom. The lowest BCUT2D eigenvalue weighted by Crippen LogP contribution is -2.44. The maximum absolute atomic E-state index is 12.0. The molecule has 7 N–H and O–H groups in total. The minimum absolute atomic E-state index is 0.0452. The molecule has 1 aromatic rings. The highest BCUT2D eigenvalue weighted by molar-refractivity contribution is 7.71. The Hall–Kier alpha value is -0.990. The summed E-state index contributed by atoms with van der Waals surface area (Å²) in [4.78, 5) is 23.5. The van der Waals surface area contributed by atoms with Gasteiger partial charge in [-0.25, -0.2) is 4.57 Å². The largest absolute Gasteiger partial charge is 0.472 e. The van der Waals surface area contributed by atoms with Gasteiger partial charge >= 0.3 is 7.82 Å². The number of hydrogen-bond acceptors (Lipinski definition) is 10. The maximum Gasteiger partial charge on any atom is 0.472 e. The third kappa shape index (κ3) is 5.79. The van der Waals surface area contributed by atoms with E-state index in [-0.39, 0.29) is 4.77 Å². The number of aliphatic hydroxyl groups excluding tert-OH is 2. The number of H-pyrrole nitrogens is 1. The summed E-state index contributed by atoms with van der Waals surface area (Å²) in [5.74, 6) is 0. The van der Waals surface area contributed by atoms with Crippen LogP contribution in [0.1, 0.15) is 26.5 Å². The van der Waals surface area contributed by atoms with Crippen molar-refractivity contribution in [1.82, 2.24) is 9.55 Å². The average Bonchev–Trinajstić information content (AvgIpc) is 2.87. The maximum atomic E-state index is 12.0. The molecule has 0 saturated carbocycles. The minimum Gasteiger partial charge on any atom is -0.391 e. The van der Waals surface area contributed by atoms with E-state index < -0.39 is 62.8 Å². The van der Waals surface area contributed by atoms with E-state index in [2.05, 4.69) is 4.98 Å². The van der Waals surface area contributed by atoms with Gasteiger partial charge in [0.05, 0.1) is 25.4 Å². The second-order valence-corrected chi connectivity index (χ2v) is 8.75. The molecule has 0 aromatic carbocycles. The van der Waals surface area contributed by atoms with Crippen LogP contribution in [0.25, 0.3) is 0 Å². The van der Waals surface area contributed by atoms with Gasteiger partial charge in [-0.05, 0) is 25.6 Å². The van der Waals surface area contributed by atoms with E-state index in [4.69, 9.17) is 31.7 Å². The van der Waals surface area contributed by atoms with Gasteiger partial charge in [0.15, 0.2) is 11.0 Å². The molecule has 0 spiro atoms. The predicted octanol–water partition coefficient (Wildman–Crippen LogP) is -0.853. The molecule has 29 heavy (non-hydrogen) atoms. The predicted molar refractivity (Wildman–Crippen MR) is 102 cm³/mol. The van der Waals surface area contributed by atoms with Gasteiger partial charge in [0.25, 0.3) is 5.56 Å². The van der Waals surface area contributed by atoms with Crippen LogP contribution in [0.4, 0.5) is 0 Å². The van der Waals surface area contributed by atoms with Crippen molar-refractivity contribution in [1.29, 1.82) is 0 Å². The number of phosphoric acid groups is 1. The van der Waals surface area contributed by atoms with Crippen molar-refractivity contribution in [2.24, 2.45) is 5.73 Å². The zero-order valence-corrected chi connectivity index (χ0v) is 17.6. The second kappa shape index (κ2) is 9.43. The van der Waals surface area contributed by atoms with Crippen LogP contribution in [0, 0.1) is 4.77 Å². The highest BCUT2D eigenvalue weighted by Gasteiger charge is 2.53. The monoisotopic (exact) mass is 455 g/mol. The van der Waals surface area contributed by atoms with Gasteiger partial charge in [-0.2, -0.15) is 0 Å². The molecular weight excluding hydrogens is 429 g/mol. The summed E-state index contributed by atoms with van der Waals surface area (Å²) < 4.78 is 28.4. The van der Waals surface area contributed by atoms with Gasteiger partial charge in [0, 0.05) is 12.3 Å². The Bertz CT molecular complexity index is 860. The molecule has 0 aliphatic carbocycles. The summed E-state index contributed by atoms with van der Waals surface area (Å²) >= 11 is 5.04. The Balaban J connectivity index is 2.03. The normalized spacial score (nSPS) is 31.3. The van der Waals surface area contributed by atoms with E-state index >= 15 is 0 Å². The summed E-state index contributed by atoms with van der Waals surface area (Å²) in [6.45, 7) is 1.96. The van der Waals surface area contributed by atoms with E-state index in [9.17, 15) is 29.6 Å². The van der Waals surface area contributed by atoms with E-state index in [1.165, 1.54) is 17.7 Å². The topological polar surface area (TPSA) is 189 Å². The van der Waals surface area contributed by atoms with Gasteiger partial charge in [-0.15, -0.1) is 0 Å². The fourth-order valence-corrected chi connectivity index (χ4v) is 3.82. The Labute approximate surface area is 171 Å². The third-order valence-corrected chi connectivity index (χ3v) is 5.87. The molecule has 166 valence electrons. The SMILES string of the molecule is CC[C@@H](O)[C@@H](N)COP(=O)(O)OC[C@H]1O[C@@H](n2ccc(=O)[nH]c2=S)C(C)(O)[C@H]1O. The third-order valence-electron chi connectivity index (χ3n) is 4.60. The second-order valence-electron chi connectivity index (χ2n) is 6.91. The first-order valence-corrected chi connectivity index (χ1v) is 10.7. The number of ether oxygens (including phenoxy) is 1. The minimum atomic E-state index is -4.56. The first-order valence-electron chi connectivity index (χ1n) is 8.82. The van der Waals surface area contributed by atoms with Gasteiger partial charge in [0.2, 0.25) is 0 Å². The Kier molecular flexibility index (Phi) is 7.90. The van der Waals surface area contributed by atoms with Crippen LogP contribution in [0.5, 0.6) is 0 Å². The molecular formula is C15H26N3O9PS. The summed E-state index contributed by atoms with van der Waals surface area (Å²) in [7, 11) is -4.56. The molecule has 1 saturated heterocycles. The van der Waals surface area contributed by atoms with Crippen LogP contribution in [0.2, 0.25) is 0 Å². The van der Waals surface area contributed by atoms with Gasteiger partial charge < -0.3 is 30.7 Å². The van der Waals surface area contributed by atoms with Crippen LogP contribution in [0.3, 0.4) is 0 Å². The molecule has 12 nitrogen and oxygen atoms in total. The summed E-state index contributed by atoms with van der Waals surface area (Å²) in [6, 6.07) is 0.277. The number of nitrogens with two attached hydrogens (primary N) is 1. The summed E-state index contributed by atoms with van der Waals surface area (Å²) in [6.07, 6.45) is -3.19. The highest BCUT2D eigenvalue weighted by atomic mass is 32.1. The van der Waals surface area contributed by atoms with Crippen LogP contribution < -0.4 is 11.3 Å². The standard InChI is InChI=1S/C15H26N3O9PS/c1-3-9(19)8(16)6-25-28(23,24)26-7-10-12(21)15(2,22)13(27-10)18-5-4-11(20)17-14(18)29/h4-5,8-10,12-13,19,21-22H,3,6-7,16H2,1-2H3,(H,23,24)(H,17,20,29)/t8-,9+,10+,12-,13+,15?/m0/s1. The zero-order chi connectivity index (χ0) is 22.0. The van der Waals surface area contributed by atoms with Crippen molar-refractivity contribution >= 4 is 20.0 Å². The smallest absolute Gasteiger partial charge is 0.391 e. The Morgan fingerprint density at radius 3 is 2.76 bits per heavy atom. The molecule has 1 aliphatic heterocycles. The van der Waals surface area contributed by atoms with E-state index in [0.717, 1.165) is 6.07 Å². The molecule has 2 unspecified atom stereocenters.